The monoisotopic (exact) mass is 444 g/mol. The Kier molecular flexibility index (Phi) is 6.84. The van der Waals surface area contributed by atoms with Gasteiger partial charge < -0.3 is 15.0 Å². The molecular formula is C22H28N4O4S. The second-order valence-corrected chi connectivity index (χ2v) is 9.65. The highest BCUT2D eigenvalue weighted by molar-refractivity contribution is 7.89. The summed E-state index contributed by atoms with van der Waals surface area (Å²) in [5, 5.41) is 2.91. The number of amides is 1. The Labute approximate surface area is 183 Å². The molecule has 1 aliphatic carbocycles. The third-order valence-electron chi connectivity index (χ3n) is 5.41. The zero-order valence-corrected chi connectivity index (χ0v) is 18.2. The van der Waals surface area contributed by atoms with E-state index < -0.39 is 10.0 Å². The molecule has 0 spiro atoms. The summed E-state index contributed by atoms with van der Waals surface area (Å²) in [5.41, 5.74) is 1.88. The van der Waals surface area contributed by atoms with E-state index in [1.54, 1.807) is 30.5 Å². The summed E-state index contributed by atoms with van der Waals surface area (Å²) in [6, 6.07) is 10.8. The molecule has 2 aromatic rings. The third-order valence-corrected chi connectivity index (χ3v) is 6.94. The van der Waals surface area contributed by atoms with Crippen molar-refractivity contribution in [2.24, 2.45) is 0 Å². The summed E-state index contributed by atoms with van der Waals surface area (Å²) in [4.78, 5) is 19.1. The molecule has 4 rings (SSSR count). The molecule has 2 fully saturated rings. The normalized spacial score (nSPS) is 16.8. The van der Waals surface area contributed by atoms with Crippen LogP contribution in [-0.4, -0.2) is 51.7 Å². The highest BCUT2D eigenvalue weighted by atomic mass is 32.2. The lowest BCUT2D eigenvalue weighted by molar-refractivity contribution is -0.121. The van der Waals surface area contributed by atoms with Crippen LogP contribution < -0.4 is 14.9 Å². The SMILES string of the molecule is O=C(CCc1ccc(S(=O)(=O)NC2CC2)cc1)NCc1ccc(N2CCOCC2)nc1. The van der Waals surface area contributed by atoms with Gasteiger partial charge in [0.1, 0.15) is 5.82 Å². The molecule has 1 aliphatic heterocycles. The first kappa shape index (κ1) is 21.7. The van der Waals surface area contributed by atoms with Crippen LogP contribution in [0, 0.1) is 0 Å². The second-order valence-electron chi connectivity index (χ2n) is 7.94. The third kappa shape index (κ3) is 6.25. The van der Waals surface area contributed by atoms with Gasteiger partial charge in [-0.15, -0.1) is 0 Å². The van der Waals surface area contributed by atoms with E-state index in [4.69, 9.17) is 4.74 Å². The van der Waals surface area contributed by atoms with Gasteiger partial charge in [0.25, 0.3) is 0 Å². The molecule has 0 radical (unpaired) electrons. The molecule has 2 N–H and O–H groups in total. The van der Waals surface area contributed by atoms with E-state index in [-0.39, 0.29) is 16.8 Å². The number of carbonyl (C=O) groups is 1. The summed E-state index contributed by atoms with van der Waals surface area (Å²) in [6.07, 6.45) is 4.49. The Morgan fingerprint density at radius 2 is 1.77 bits per heavy atom. The fraction of sp³-hybridized carbons (Fsp3) is 0.455. The number of pyridine rings is 1. The lowest BCUT2D eigenvalue weighted by Crippen LogP contribution is -2.36. The number of ether oxygens (including phenoxy) is 1. The van der Waals surface area contributed by atoms with Crippen LogP contribution >= 0.6 is 0 Å². The van der Waals surface area contributed by atoms with E-state index in [2.05, 4.69) is 19.9 Å². The second kappa shape index (κ2) is 9.76. The summed E-state index contributed by atoms with van der Waals surface area (Å²) in [6.45, 7) is 3.55. The van der Waals surface area contributed by atoms with Crippen LogP contribution in [0.3, 0.4) is 0 Å². The predicted octanol–water partition coefficient (Wildman–Crippen LogP) is 1.61. The van der Waals surface area contributed by atoms with Gasteiger partial charge in [0.2, 0.25) is 15.9 Å². The maximum Gasteiger partial charge on any atom is 0.240 e. The first-order valence-electron chi connectivity index (χ1n) is 10.7. The molecule has 0 atom stereocenters. The molecule has 0 unspecified atom stereocenters. The van der Waals surface area contributed by atoms with Gasteiger partial charge in [-0.2, -0.15) is 0 Å². The Hall–Kier alpha value is -2.49. The van der Waals surface area contributed by atoms with Crippen LogP contribution in [-0.2, 0) is 32.5 Å². The molecule has 1 aromatic carbocycles. The van der Waals surface area contributed by atoms with Crippen molar-refractivity contribution in [1.82, 2.24) is 15.0 Å². The van der Waals surface area contributed by atoms with Gasteiger partial charge in [-0.05, 0) is 48.6 Å². The number of nitrogens with one attached hydrogen (secondary N) is 2. The zero-order valence-electron chi connectivity index (χ0n) is 17.4. The summed E-state index contributed by atoms with van der Waals surface area (Å²) in [7, 11) is -3.44. The summed E-state index contributed by atoms with van der Waals surface area (Å²) >= 11 is 0. The molecule has 1 saturated heterocycles. The number of hydrogen-bond donors (Lipinski definition) is 2. The van der Waals surface area contributed by atoms with Gasteiger partial charge in [0.15, 0.2) is 0 Å². The van der Waals surface area contributed by atoms with Crippen LogP contribution in [0.2, 0.25) is 0 Å². The van der Waals surface area contributed by atoms with Crippen molar-refractivity contribution in [2.45, 2.75) is 43.2 Å². The fourth-order valence-corrected chi connectivity index (χ4v) is 4.68. The number of nitrogens with zero attached hydrogens (tertiary/aromatic N) is 2. The average molecular weight is 445 g/mol. The van der Waals surface area contributed by atoms with E-state index in [0.717, 1.165) is 56.1 Å². The van der Waals surface area contributed by atoms with Crippen molar-refractivity contribution in [3.8, 4) is 0 Å². The molecule has 31 heavy (non-hydrogen) atoms. The number of morpholine rings is 1. The maximum atomic E-state index is 12.2. The minimum absolute atomic E-state index is 0.0515. The first-order chi connectivity index (χ1) is 15.0. The number of sulfonamides is 1. The fourth-order valence-electron chi connectivity index (χ4n) is 3.37. The smallest absolute Gasteiger partial charge is 0.240 e. The quantitative estimate of drug-likeness (QED) is 0.610. The summed E-state index contributed by atoms with van der Waals surface area (Å²) < 4.78 is 32.4. The molecule has 166 valence electrons. The number of carbonyl (C=O) groups excluding carboxylic acids is 1. The summed E-state index contributed by atoms with van der Waals surface area (Å²) in [5.74, 6) is 0.875. The number of aromatic nitrogens is 1. The van der Waals surface area contributed by atoms with Crippen LogP contribution in [0.25, 0.3) is 0 Å². The zero-order chi connectivity index (χ0) is 21.7. The molecular weight excluding hydrogens is 416 g/mol. The van der Waals surface area contributed by atoms with E-state index >= 15 is 0 Å². The largest absolute Gasteiger partial charge is 0.378 e. The Bertz CT molecular complexity index is 983. The van der Waals surface area contributed by atoms with Crippen molar-refractivity contribution in [3.63, 3.8) is 0 Å². The Balaban J connectivity index is 1.21. The number of benzene rings is 1. The molecule has 9 heteroatoms. The van der Waals surface area contributed by atoms with Crippen LogP contribution in [0.15, 0.2) is 47.5 Å². The molecule has 1 aromatic heterocycles. The predicted molar refractivity (Wildman–Crippen MR) is 117 cm³/mol. The van der Waals surface area contributed by atoms with E-state index in [1.807, 2.05) is 12.1 Å². The van der Waals surface area contributed by atoms with Crippen molar-refractivity contribution < 1.29 is 17.9 Å². The van der Waals surface area contributed by atoms with E-state index in [0.29, 0.717) is 19.4 Å². The molecule has 1 saturated carbocycles. The van der Waals surface area contributed by atoms with Gasteiger partial charge in [-0.25, -0.2) is 18.1 Å². The van der Waals surface area contributed by atoms with Gasteiger partial charge in [-0.1, -0.05) is 18.2 Å². The maximum absolute atomic E-state index is 12.2. The van der Waals surface area contributed by atoms with Gasteiger partial charge in [0, 0.05) is 38.3 Å². The van der Waals surface area contributed by atoms with Crippen molar-refractivity contribution in [2.75, 3.05) is 31.2 Å². The number of anilines is 1. The lowest BCUT2D eigenvalue weighted by Gasteiger charge is -2.27. The van der Waals surface area contributed by atoms with Crippen LogP contribution in [0.4, 0.5) is 5.82 Å². The molecule has 1 amide bonds. The number of rotatable bonds is 9. The lowest BCUT2D eigenvalue weighted by atomic mass is 10.1. The highest BCUT2D eigenvalue weighted by Gasteiger charge is 2.27. The highest BCUT2D eigenvalue weighted by Crippen LogP contribution is 2.22. The Morgan fingerprint density at radius 1 is 1.06 bits per heavy atom. The number of hydrogen-bond acceptors (Lipinski definition) is 6. The van der Waals surface area contributed by atoms with Gasteiger partial charge in [0.05, 0.1) is 18.1 Å². The van der Waals surface area contributed by atoms with E-state index in [1.165, 1.54) is 0 Å². The average Bonchev–Trinajstić information content (AvgIpc) is 3.61. The topological polar surface area (TPSA) is 101 Å². The molecule has 2 heterocycles. The standard InChI is InChI=1S/C22H28N4O4S/c27-22(24-16-18-3-9-21(23-15-18)26-11-13-30-14-12-26)10-4-17-1-7-20(8-2-17)31(28,29)25-19-5-6-19/h1-3,7-9,15,19,25H,4-6,10-14,16H2,(H,24,27). The molecule has 8 nitrogen and oxygen atoms in total. The van der Waals surface area contributed by atoms with Gasteiger partial charge in [-0.3, -0.25) is 4.79 Å². The van der Waals surface area contributed by atoms with Crippen LogP contribution in [0.1, 0.15) is 30.4 Å². The van der Waals surface area contributed by atoms with Crippen molar-refractivity contribution in [1.29, 1.82) is 0 Å². The van der Waals surface area contributed by atoms with E-state index in [9.17, 15) is 13.2 Å². The van der Waals surface area contributed by atoms with Crippen molar-refractivity contribution >= 4 is 21.7 Å². The Morgan fingerprint density at radius 3 is 2.42 bits per heavy atom. The van der Waals surface area contributed by atoms with Gasteiger partial charge >= 0.3 is 0 Å². The van der Waals surface area contributed by atoms with Crippen LogP contribution in [0.5, 0.6) is 0 Å². The number of aryl methyl sites for hydroxylation is 1. The van der Waals surface area contributed by atoms with Crippen molar-refractivity contribution in [3.05, 3.63) is 53.7 Å². The first-order valence-corrected chi connectivity index (χ1v) is 12.1. The minimum Gasteiger partial charge on any atom is -0.378 e. The molecule has 2 aliphatic rings. The minimum atomic E-state index is -3.44. The molecule has 0 bridgehead atoms.